The van der Waals surface area contributed by atoms with E-state index in [1.54, 1.807) is 0 Å². The van der Waals surface area contributed by atoms with Crippen LogP contribution in [-0.4, -0.2) is 18.6 Å². The predicted molar refractivity (Wildman–Crippen MR) is 82.4 cm³/mol. The molecule has 0 saturated heterocycles. The second-order valence-corrected chi connectivity index (χ2v) is 4.85. The van der Waals surface area contributed by atoms with Gasteiger partial charge in [-0.2, -0.15) is 0 Å². The van der Waals surface area contributed by atoms with Crippen molar-refractivity contribution in [1.82, 2.24) is 10.3 Å². The quantitative estimate of drug-likeness (QED) is 0.754. The van der Waals surface area contributed by atoms with Gasteiger partial charge >= 0.3 is 0 Å². The summed E-state index contributed by atoms with van der Waals surface area (Å²) in [7, 11) is 1.93. The number of nitrogens with one attached hydrogen (secondary N) is 1. The summed E-state index contributed by atoms with van der Waals surface area (Å²) in [5, 5.41) is 3.13. The van der Waals surface area contributed by atoms with Crippen LogP contribution in [0.3, 0.4) is 0 Å². The van der Waals surface area contributed by atoms with Crippen molar-refractivity contribution in [2.45, 2.75) is 13.0 Å². The lowest BCUT2D eigenvalue weighted by Crippen LogP contribution is -2.04. The molecule has 4 heteroatoms. The fourth-order valence-corrected chi connectivity index (χ4v) is 2.21. The van der Waals surface area contributed by atoms with E-state index in [1.165, 1.54) is 5.56 Å². The van der Waals surface area contributed by atoms with Crippen LogP contribution in [0.4, 0.5) is 0 Å². The van der Waals surface area contributed by atoms with Gasteiger partial charge in [0.2, 0.25) is 0 Å². The smallest absolute Gasteiger partial charge is 0.198 e. The lowest BCUT2D eigenvalue weighted by atomic mass is 10.2. The molecule has 1 heterocycles. The molecule has 4 nitrogen and oxygen atoms in total. The van der Waals surface area contributed by atoms with Crippen LogP contribution in [0.1, 0.15) is 11.5 Å². The number of fused-ring (bicyclic) bond motifs is 1. The van der Waals surface area contributed by atoms with Gasteiger partial charge in [0, 0.05) is 6.54 Å². The number of aromatic nitrogens is 1. The molecule has 3 rings (SSSR count). The fraction of sp³-hybridized carbons (Fsp3) is 0.235. The number of hydrogen-bond acceptors (Lipinski definition) is 4. The summed E-state index contributed by atoms with van der Waals surface area (Å²) in [5.41, 5.74) is 2.92. The topological polar surface area (TPSA) is 47.3 Å². The van der Waals surface area contributed by atoms with E-state index in [0.717, 1.165) is 23.4 Å². The molecule has 0 bridgehead atoms. The van der Waals surface area contributed by atoms with E-state index >= 15 is 0 Å². The Bertz CT molecular complexity index is 707. The number of hydrogen-bond donors (Lipinski definition) is 1. The van der Waals surface area contributed by atoms with Gasteiger partial charge < -0.3 is 14.5 Å². The van der Waals surface area contributed by atoms with Crippen LogP contribution in [0.15, 0.2) is 52.9 Å². The summed E-state index contributed by atoms with van der Waals surface area (Å²) >= 11 is 0. The SMILES string of the molecule is CNCc1ccc2oc(CCOc3ccccc3)nc2c1. The van der Waals surface area contributed by atoms with Crippen molar-refractivity contribution in [2.75, 3.05) is 13.7 Å². The molecule has 0 atom stereocenters. The normalized spacial score (nSPS) is 10.9. The third kappa shape index (κ3) is 3.41. The first kappa shape index (κ1) is 13.6. The molecule has 0 spiro atoms. The van der Waals surface area contributed by atoms with Crippen LogP contribution in [0.5, 0.6) is 5.75 Å². The van der Waals surface area contributed by atoms with Crippen molar-refractivity contribution in [1.29, 1.82) is 0 Å². The number of nitrogens with zero attached hydrogens (tertiary/aromatic N) is 1. The van der Waals surface area contributed by atoms with Gasteiger partial charge in [0.05, 0.1) is 13.0 Å². The van der Waals surface area contributed by atoms with E-state index < -0.39 is 0 Å². The zero-order chi connectivity index (χ0) is 14.5. The summed E-state index contributed by atoms with van der Waals surface area (Å²) < 4.78 is 11.4. The van der Waals surface area contributed by atoms with Gasteiger partial charge in [-0.05, 0) is 36.9 Å². The Morgan fingerprint density at radius 2 is 2.00 bits per heavy atom. The second kappa shape index (κ2) is 6.41. The van der Waals surface area contributed by atoms with Crippen LogP contribution in [0, 0.1) is 0 Å². The Hall–Kier alpha value is -2.33. The van der Waals surface area contributed by atoms with Crippen molar-refractivity contribution in [3.8, 4) is 5.75 Å². The van der Waals surface area contributed by atoms with Gasteiger partial charge in [0.15, 0.2) is 11.5 Å². The number of benzene rings is 2. The fourth-order valence-electron chi connectivity index (χ4n) is 2.21. The van der Waals surface area contributed by atoms with Crippen LogP contribution >= 0.6 is 0 Å². The average Bonchev–Trinajstić information content (AvgIpc) is 2.91. The van der Waals surface area contributed by atoms with Crippen molar-refractivity contribution >= 4 is 11.1 Å². The molecule has 0 saturated carbocycles. The van der Waals surface area contributed by atoms with Gasteiger partial charge in [-0.15, -0.1) is 0 Å². The summed E-state index contributed by atoms with van der Waals surface area (Å²) in [6, 6.07) is 15.8. The molecule has 0 fully saturated rings. The van der Waals surface area contributed by atoms with Crippen LogP contribution < -0.4 is 10.1 Å². The number of oxazole rings is 1. The van der Waals surface area contributed by atoms with E-state index in [4.69, 9.17) is 9.15 Å². The molecule has 21 heavy (non-hydrogen) atoms. The zero-order valence-electron chi connectivity index (χ0n) is 12.0. The number of para-hydroxylation sites is 1. The summed E-state index contributed by atoms with van der Waals surface area (Å²) in [4.78, 5) is 4.51. The van der Waals surface area contributed by atoms with Crippen LogP contribution in [0.25, 0.3) is 11.1 Å². The highest BCUT2D eigenvalue weighted by molar-refractivity contribution is 5.73. The zero-order valence-corrected chi connectivity index (χ0v) is 12.0. The maximum absolute atomic E-state index is 5.73. The molecular weight excluding hydrogens is 264 g/mol. The molecule has 0 aliphatic heterocycles. The molecule has 0 aliphatic carbocycles. The van der Waals surface area contributed by atoms with Gasteiger partial charge in [0.25, 0.3) is 0 Å². The maximum Gasteiger partial charge on any atom is 0.198 e. The largest absolute Gasteiger partial charge is 0.493 e. The lowest BCUT2D eigenvalue weighted by molar-refractivity contribution is 0.308. The van der Waals surface area contributed by atoms with Crippen LogP contribution in [0.2, 0.25) is 0 Å². The van der Waals surface area contributed by atoms with Crippen LogP contribution in [-0.2, 0) is 13.0 Å². The lowest BCUT2D eigenvalue weighted by Gasteiger charge is -2.03. The molecule has 1 aromatic heterocycles. The summed E-state index contributed by atoms with van der Waals surface area (Å²) in [6.45, 7) is 1.38. The van der Waals surface area contributed by atoms with Gasteiger partial charge in [0.1, 0.15) is 11.3 Å². The average molecular weight is 282 g/mol. The van der Waals surface area contributed by atoms with E-state index in [0.29, 0.717) is 18.9 Å². The molecule has 3 aromatic rings. The Morgan fingerprint density at radius 1 is 1.14 bits per heavy atom. The summed E-state index contributed by atoms with van der Waals surface area (Å²) in [6.07, 6.45) is 0.658. The van der Waals surface area contributed by atoms with Gasteiger partial charge in [-0.25, -0.2) is 4.98 Å². The Labute approximate surface area is 123 Å². The molecule has 108 valence electrons. The first-order valence-corrected chi connectivity index (χ1v) is 7.06. The minimum atomic E-state index is 0.556. The highest BCUT2D eigenvalue weighted by atomic mass is 16.5. The maximum atomic E-state index is 5.73. The van der Waals surface area contributed by atoms with Crippen molar-refractivity contribution in [3.63, 3.8) is 0 Å². The Balaban J connectivity index is 1.64. The molecule has 1 N–H and O–H groups in total. The number of rotatable bonds is 6. The molecular formula is C17H18N2O2. The Kier molecular flexibility index (Phi) is 4.17. The van der Waals surface area contributed by atoms with Gasteiger partial charge in [-0.1, -0.05) is 24.3 Å². The van der Waals surface area contributed by atoms with E-state index in [9.17, 15) is 0 Å². The van der Waals surface area contributed by atoms with Crippen molar-refractivity contribution < 1.29 is 9.15 Å². The standard InChI is InChI=1S/C17H18N2O2/c1-18-12-13-7-8-16-15(11-13)19-17(21-16)9-10-20-14-5-3-2-4-6-14/h2-8,11,18H,9-10,12H2,1H3. The minimum Gasteiger partial charge on any atom is -0.493 e. The minimum absolute atomic E-state index is 0.556. The van der Waals surface area contributed by atoms with Gasteiger partial charge in [-0.3, -0.25) is 0 Å². The molecule has 0 unspecified atom stereocenters. The highest BCUT2D eigenvalue weighted by Crippen LogP contribution is 2.18. The monoisotopic (exact) mass is 282 g/mol. The summed E-state index contributed by atoms with van der Waals surface area (Å²) in [5.74, 6) is 1.58. The Morgan fingerprint density at radius 3 is 2.81 bits per heavy atom. The first-order chi connectivity index (χ1) is 10.3. The third-order valence-electron chi connectivity index (χ3n) is 3.21. The predicted octanol–water partition coefficient (Wildman–Crippen LogP) is 3.17. The molecule has 0 amide bonds. The highest BCUT2D eigenvalue weighted by Gasteiger charge is 2.06. The first-order valence-electron chi connectivity index (χ1n) is 7.06. The van der Waals surface area contributed by atoms with E-state index in [2.05, 4.69) is 16.4 Å². The third-order valence-corrected chi connectivity index (χ3v) is 3.21. The molecule has 0 radical (unpaired) electrons. The van der Waals surface area contributed by atoms with E-state index in [-0.39, 0.29) is 0 Å². The molecule has 2 aromatic carbocycles. The molecule has 0 aliphatic rings. The second-order valence-electron chi connectivity index (χ2n) is 4.85. The van der Waals surface area contributed by atoms with Crippen molar-refractivity contribution in [3.05, 3.63) is 60.0 Å². The van der Waals surface area contributed by atoms with Crippen molar-refractivity contribution in [2.24, 2.45) is 0 Å². The number of ether oxygens (including phenoxy) is 1. The van der Waals surface area contributed by atoms with E-state index in [1.807, 2.05) is 49.5 Å².